The molecule has 2 amide bonds. The monoisotopic (exact) mass is 420 g/mol. The molecule has 3 rings (SSSR count). The molecule has 1 atom stereocenters. The first-order chi connectivity index (χ1) is 14.8. The largest absolute Gasteiger partial charge is 0.352 e. The molecule has 0 bridgehead atoms. The van der Waals surface area contributed by atoms with Gasteiger partial charge < -0.3 is 10.2 Å². The molecule has 0 aliphatic heterocycles. The van der Waals surface area contributed by atoms with Gasteiger partial charge in [-0.15, -0.1) is 0 Å². The third kappa shape index (κ3) is 6.19. The van der Waals surface area contributed by atoms with E-state index in [0.29, 0.717) is 13.0 Å². The van der Waals surface area contributed by atoms with E-state index in [0.717, 1.165) is 42.4 Å². The summed E-state index contributed by atoms with van der Waals surface area (Å²) in [4.78, 5) is 28.2. The summed E-state index contributed by atoms with van der Waals surface area (Å²) in [6.45, 7) is 8.48. The van der Waals surface area contributed by atoms with Crippen molar-refractivity contribution in [2.75, 3.05) is 0 Å². The van der Waals surface area contributed by atoms with E-state index in [1.165, 1.54) is 17.5 Å². The van der Waals surface area contributed by atoms with Crippen LogP contribution in [-0.4, -0.2) is 28.8 Å². The van der Waals surface area contributed by atoms with Gasteiger partial charge in [-0.05, 0) is 68.4 Å². The van der Waals surface area contributed by atoms with E-state index in [-0.39, 0.29) is 17.9 Å². The summed E-state index contributed by atoms with van der Waals surface area (Å²) in [6.07, 6.45) is 5.94. The lowest BCUT2D eigenvalue weighted by atomic mass is 9.95. The first-order valence-electron chi connectivity index (χ1n) is 11.6. The van der Waals surface area contributed by atoms with E-state index in [9.17, 15) is 9.59 Å². The van der Waals surface area contributed by atoms with Crippen molar-refractivity contribution in [1.82, 2.24) is 10.2 Å². The van der Waals surface area contributed by atoms with Gasteiger partial charge in [-0.1, -0.05) is 61.7 Å². The van der Waals surface area contributed by atoms with Crippen LogP contribution in [0, 0.1) is 20.8 Å². The predicted octanol–water partition coefficient (Wildman–Crippen LogP) is 5.02. The highest BCUT2D eigenvalue weighted by molar-refractivity contribution is 5.88. The van der Waals surface area contributed by atoms with Crippen LogP contribution in [-0.2, 0) is 22.6 Å². The van der Waals surface area contributed by atoms with Crippen molar-refractivity contribution in [2.45, 2.75) is 84.8 Å². The minimum absolute atomic E-state index is 0.0159. The average Bonchev–Trinajstić information content (AvgIpc) is 2.76. The Labute approximate surface area is 187 Å². The molecule has 31 heavy (non-hydrogen) atoms. The zero-order valence-electron chi connectivity index (χ0n) is 19.4. The quantitative estimate of drug-likeness (QED) is 0.684. The lowest BCUT2D eigenvalue weighted by Gasteiger charge is -2.31. The average molecular weight is 421 g/mol. The second-order valence-electron chi connectivity index (χ2n) is 9.06. The van der Waals surface area contributed by atoms with Gasteiger partial charge in [0.15, 0.2) is 0 Å². The van der Waals surface area contributed by atoms with Gasteiger partial charge in [0.05, 0.1) is 6.42 Å². The summed E-state index contributed by atoms with van der Waals surface area (Å²) in [5.41, 5.74) is 5.59. The number of nitrogens with one attached hydrogen (secondary N) is 1. The number of carbonyl (C=O) groups excluding carboxylic acids is 2. The fourth-order valence-electron chi connectivity index (χ4n) is 4.31. The van der Waals surface area contributed by atoms with Crippen molar-refractivity contribution in [2.24, 2.45) is 0 Å². The van der Waals surface area contributed by atoms with Crippen LogP contribution < -0.4 is 5.32 Å². The number of carbonyl (C=O) groups is 2. The number of nitrogens with zero attached hydrogens (tertiary/aromatic N) is 1. The minimum Gasteiger partial charge on any atom is -0.352 e. The Hall–Kier alpha value is -2.62. The van der Waals surface area contributed by atoms with Crippen LogP contribution in [0.1, 0.15) is 66.8 Å². The second-order valence-corrected chi connectivity index (χ2v) is 9.06. The highest BCUT2D eigenvalue weighted by atomic mass is 16.2. The van der Waals surface area contributed by atoms with Gasteiger partial charge in [-0.25, -0.2) is 0 Å². The van der Waals surface area contributed by atoms with Crippen molar-refractivity contribution in [3.05, 3.63) is 70.3 Å². The maximum atomic E-state index is 13.4. The molecule has 2 aromatic rings. The third-order valence-electron chi connectivity index (χ3n) is 6.65. The number of hydrogen-bond acceptors (Lipinski definition) is 2. The zero-order valence-corrected chi connectivity index (χ0v) is 19.4. The summed E-state index contributed by atoms with van der Waals surface area (Å²) < 4.78 is 0. The molecule has 4 nitrogen and oxygen atoms in total. The normalized spacial score (nSPS) is 15.4. The van der Waals surface area contributed by atoms with E-state index in [2.05, 4.69) is 31.3 Å². The van der Waals surface area contributed by atoms with Crippen LogP contribution in [0.15, 0.2) is 42.5 Å². The molecule has 0 unspecified atom stereocenters. The Kier molecular flexibility index (Phi) is 7.89. The van der Waals surface area contributed by atoms with Crippen molar-refractivity contribution < 1.29 is 9.59 Å². The molecule has 1 aliphatic carbocycles. The maximum Gasteiger partial charge on any atom is 0.242 e. The summed E-state index contributed by atoms with van der Waals surface area (Å²) in [6, 6.07) is 13.9. The van der Waals surface area contributed by atoms with E-state index in [4.69, 9.17) is 0 Å². The Morgan fingerprint density at radius 3 is 2.35 bits per heavy atom. The van der Waals surface area contributed by atoms with E-state index < -0.39 is 6.04 Å². The second kappa shape index (κ2) is 10.6. The fourth-order valence-corrected chi connectivity index (χ4v) is 4.31. The fraction of sp³-hybridized carbons (Fsp3) is 0.481. The Bertz CT molecular complexity index is 915. The lowest BCUT2D eigenvalue weighted by molar-refractivity contribution is -0.140. The van der Waals surface area contributed by atoms with Crippen LogP contribution >= 0.6 is 0 Å². The van der Waals surface area contributed by atoms with Gasteiger partial charge in [0.25, 0.3) is 0 Å². The molecule has 1 saturated carbocycles. The van der Waals surface area contributed by atoms with Gasteiger partial charge in [0.2, 0.25) is 11.8 Å². The van der Waals surface area contributed by atoms with Crippen molar-refractivity contribution in [3.63, 3.8) is 0 Å². The molecule has 0 heterocycles. The molecule has 1 fully saturated rings. The molecule has 0 saturated heterocycles. The molecular formula is C27H36N2O2. The first-order valence-corrected chi connectivity index (χ1v) is 11.6. The molecule has 0 aromatic heterocycles. The summed E-state index contributed by atoms with van der Waals surface area (Å²) in [5.74, 6) is -0.0632. The molecular weight excluding hydrogens is 384 g/mol. The smallest absolute Gasteiger partial charge is 0.242 e. The predicted molar refractivity (Wildman–Crippen MR) is 126 cm³/mol. The number of hydrogen-bond donors (Lipinski definition) is 1. The van der Waals surface area contributed by atoms with Crippen LogP contribution in [0.5, 0.6) is 0 Å². The van der Waals surface area contributed by atoms with Gasteiger partial charge in [0.1, 0.15) is 6.04 Å². The van der Waals surface area contributed by atoms with E-state index in [1.807, 2.05) is 44.2 Å². The van der Waals surface area contributed by atoms with Gasteiger partial charge in [0, 0.05) is 12.6 Å². The van der Waals surface area contributed by atoms with Crippen LogP contribution in [0.2, 0.25) is 0 Å². The first kappa shape index (κ1) is 23.1. The highest BCUT2D eigenvalue weighted by Crippen LogP contribution is 2.19. The maximum absolute atomic E-state index is 13.4. The Morgan fingerprint density at radius 2 is 1.68 bits per heavy atom. The number of amides is 2. The van der Waals surface area contributed by atoms with Crippen molar-refractivity contribution in [1.29, 1.82) is 0 Å². The minimum atomic E-state index is -0.513. The SMILES string of the molecule is Cc1ccc(CC(=O)N(Cc2ccccc2C)[C@@H](C)C(=O)NC2CCCCC2)cc1C. The molecule has 166 valence electrons. The molecule has 1 aliphatic rings. The van der Waals surface area contributed by atoms with Gasteiger partial charge in [-0.2, -0.15) is 0 Å². The number of benzene rings is 2. The zero-order chi connectivity index (χ0) is 22.4. The molecule has 4 heteroatoms. The number of aryl methyl sites for hydroxylation is 3. The summed E-state index contributed by atoms with van der Waals surface area (Å²) in [5, 5.41) is 3.20. The van der Waals surface area contributed by atoms with Gasteiger partial charge >= 0.3 is 0 Å². The third-order valence-corrected chi connectivity index (χ3v) is 6.65. The summed E-state index contributed by atoms with van der Waals surface area (Å²) in [7, 11) is 0. The molecule has 0 spiro atoms. The van der Waals surface area contributed by atoms with Crippen LogP contribution in [0.3, 0.4) is 0 Å². The van der Waals surface area contributed by atoms with E-state index >= 15 is 0 Å². The lowest BCUT2D eigenvalue weighted by Crippen LogP contribution is -2.50. The Morgan fingerprint density at radius 1 is 0.968 bits per heavy atom. The molecule has 1 N–H and O–H groups in total. The highest BCUT2D eigenvalue weighted by Gasteiger charge is 2.28. The van der Waals surface area contributed by atoms with Crippen LogP contribution in [0.4, 0.5) is 0 Å². The van der Waals surface area contributed by atoms with E-state index in [1.54, 1.807) is 4.90 Å². The Balaban J connectivity index is 1.78. The molecule has 0 radical (unpaired) electrons. The van der Waals surface area contributed by atoms with Crippen molar-refractivity contribution >= 4 is 11.8 Å². The topological polar surface area (TPSA) is 49.4 Å². The molecule has 2 aromatic carbocycles. The van der Waals surface area contributed by atoms with Crippen molar-refractivity contribution in [3.8, 4) is 0 Å². The summed E-state index contributed by atoms with van der Waals surface area (Å²) >= 11 is 0. The van der Waals surface area contributed by atoms with Gasteiger partial charge in [-0.3, -0.25) is 9.59 Å². The van der Waals surface area contributed by atoms with Crippen LogP contribution in [0.25, 0.3) is 0 Å². The number of rotatable bonds is 7. The standard InChI is InChI=1S/C27H36N2O2/c1-19-14-15-23(16-21(19)3)17-26(30)29(18-24-11-9-8-10-20(24)2)22(4)27(31)28-25-12-6-5-7-13-25/h8-11,14-16,22,25H,5-7,12-13,17-18H2,1-4H3,(H,28,31)/t22-/m0/s1.